The van der Waals surface area contributed by atoms with Crippen molar-refractivity contribution in [1.82, 2.24) is 18.7 Å². The number of carbonyl (C=O) groups is 2. The van der Waals surface area contributed by atoms with Crippen LogP contribution < -0.4 is 11.2 Å². The highest BCUT2D eigenvalue weighted by Crippen LogP contribution is 2.01. The van der Waals surface area contributed by atoms with E-state index in [1.165, 1.54) is 17.9 Å². The standard InChI is InChI=1S/C8H10N4O2.C3H4O4/c1-10-4-9-6-5(10)7(13)12(3)8(14)11(6)2;4-2(5)1-3(6)7/h4H,1-3H3;1H2,(H,4,5)(H,6,7). The van der Waals surface area contributed by atoms with Crippen molar-refractivity contribution in [3.63, 3.8) is 0 Å². The molecule has 0 aliphatic rings. The smallest absolute Gasteiger partial charge is 0.332 e. The molecule has 2 aromatic heterocycles. The van der Waals surface area contributed by atoms with Crippen molar-refractivity contribution in [1.29, 1.82) is 0 Å². The first-order valence-corrected chi connectivity index (χ1v) is 5.67. The maximum atomic E-state index is 11.7. The number of rotatable bonds is 2. The van der Waals surface area contributed by atoms with Crippen molar-refractivity contribution < 1.29 is 19.8 Å². The third kappa shape index (κ3) is 3.35. The summed E-state index contributed by atoms with van der Waals surface area (Å²) in [4.78, 5) is 46.0. The first-order valence-electron chi connectivity index (χ1n) is 5.67. The molecule has 0 fully saturated rings. The van der Waals surface area contributed by atoms with Crippen molar-refractivity contribution in [2.24, 2.45) is 21.1 Å². The molecule has 0 spiro atoms. The number of carboxylic acid groups (broad SMARTS) is 2. The van der Waals surface area contributed by atoms with Crippen molar-refractivity contribution in [3.8, 4) is 0 Å². The minimum absolute atomic E-state index is 0.317. The predicted octanol–water partition coefficient (Wildman–Crippen LogP) is -1.48. The largest absolute Gasteiger partial charge is 0.481 e. The Hall–Kier alpha value is -2.91. The Morgan fingerprint density at radius 3 is 2.05 bits per heavy atom. The summed E-state index contributed by atoms with van der Waals surface area (Å²) in [5, 5.41) is 15.4. The SMILES string of the molecule is Cn1c(=O)c2c(ncn2C)n(C)c1=O.O=C(O)CC(=O)O. The lowest BCUT2D eigenvalue weighted by Crippen LogP contribution is -2.37. The van der Waals surface area contributed by atoms with Gasteiger partial charge in [0.1, 0.15) is 6.42 Å². The molecule has 0 aromatic carbocycles. The maximum absolute atomic E-state index is 11.7. The number of imidazole rings is 1. The van der Waals surface area contributed by atoms with Crippen molar-refractivity contribution in [2.75, 3.05) is 0 Å². The minimum Gasteiger partial charge on any atom is -0.481 e. The van der Waals surface area contributed by atoms with E-state index in [0.717, 1.165) is 4.57 Å². The van der Waals surface area contributed by atoms with Crippen LogP contribution in [0.15, 0.2) is 15.9 Å². The van der Waals surface area contributed by atoms with Crippen LogP contribution in [0.4, 0.5) is 0 Å². The van der Waals surface area contributed by atoms with Crippen LogP contribution in [0.3, 0.4) is 0 Å². The Balaban J connectivity index is 0.000000270. The molecule has 114 valence electrons. The molecular weight excluding hydrogens is 284 g/mol. The molecule has 0 amide bonds. The number of aromatic nitrogens is 4. The number of aliphatic carboxylic acids is 2. The van der Waals surface area contributed by atoms with Gasteiger partial charge in [0, 0.05) is 21.1 Å². The van der Waals surface area contributed by atoms with Gasteiger partial charge in [-0.2, -0.15) is 0 Å². The number of hydrogen-bond donors (Lipinski definition) is 2. The van der Waals surface area contributed by atoms with Gasteiger partial charge in [-0.3, -0.25) is 23.5 Å². The molecule has 21 heavy (non-hydrogen) atoms. The molecule has 2 N–H and O–H groups in total. The zero-order valence-corrected chi connectivity index (χ0v) is 11.6. The summed E-state index contributed by atoms with van der Waals surface area (Å²) in [6.07, 6.45) is 0.714. The topological polar surface area (TPSA) is 136 Å². The molecule has 2 heterocycles. The van der Waals surface area contributed by atoms with E-state index >= 15 is 0 Å². The highest BCUT2D eigenvalue weighted by Gasteiger charge is 2.11. The van der Waals surface area contributed by atoms with Crippen LogP contribution in [0.1, 0.15) is 6.42 Å². The second-order valence-electron chi connectivity index (χ2n) is 4.20. The molecule has 10 nitrogen and oxygen atoms in total. The summed E-state index contributed by atoms with van der Waals surface area (Å²) in [7, 11) is 4.77. The highest BCUT2D eigenvalue weighted by atomic mass is 16.4. The second-order valence-corrected chi connectivity index (χ2v) is 4.20. The van der Waals surface area contributed by atoms with Gasteiger partial charge in [-0.15, -0.1) is 0 Å². The molecule has 0 saturated heterocycles. The van der Waals surface area contributed by atoms with Crippen LogP contribution in [0, 0.1) is 0 Å². The van der Waals surface area contributed by atoms with Gasteiger partial charge in [-0.25, -0.2) is 9.78 Å². The fraction of sp³-hybridized carbons (Fsp3) is 0.364. The van der Waals surface area contributed by atoms with E-state index < -0.39 is 18.4 Å². The summed E-state index contributed by atoms with van der Waals surface area (Å²) < 4.78 is 4.04. The molecule has 0 saturated carbocycles. The zero-order valence-electron chi connectivity index (χ0n) is 11.6. The molecule has 0 atom stereocenters. The third-order valence-corrected chi connectivity index (χ3v) is 2.62. The Morgan fingerprint density at radius 1 is 1.10 bits per heavy atom. The number of carboxylic acids is 2. The molecule has 2 rings (SSSR count). The summed E-state index contributed by atoms with van der Waals surface area (Å²) in [6.45, 7) is 0. The minimum atomic E-state index is -1.31. The molecule has 0 unspecified atom stereocenters. The van der Waals surface area contributed by atoms with Crippen LogP contribution in [0.2, 0.25) is 0 Å². The van der Waals surface area contributed by atoms with Crippen molar-refractivity contribution in [2.45, 2.75) is 6.42 Å². The zero-order chi connectivity index (χ0) is 16.3. The number of nitrogens with zero attached hydrogens (tertiary/aromatic N) is 4. The van der Waals surface area contributed by atoms with Gasteiger partial charge >= 0.3 is 17.6 Å². The normalized spacial score (nSPS) is 10.0. The van der Waals surface area contributed by atoms with Gasteiger partial charge in [0.15, 0.2) is 11.2 Å². The Labute approximate surface area is 117 Å². The summed E-state index contributed by atoms with van der Waals surface area (Å²) in [5.74, 6) is -2.62. The quantitative estimate of drug-likeness (QED) is 0.645. The van der Waals surface area contributed by atoms with E-state index in [-0.39, 0.29) is 11.2 Å². The Kier molecular flexibility index (Phi) is 4.64. The van der Waals surface area contributed by atoms with Crippen LogP contribution in [-0.4, -0.2) is 40.8 Å². The van der Waals surface area contributed by atoms with Gasteiger partial charge in [-0.05, 0) is 0 Å². The van der Waals surface area contributed by atoms with Crippen LogP contribution in [0.25, 0.3) is 11.2 Å². The lowest BCUT2D eigenvalue weighted by molar-refractivity contribution is -0.147. The maximum Gasteiger partial charge on any atom is 0.332 e. The van der Waals surface area contributed by atoms with Crippen LogP contribution in [0.5, 0.6) is 0 Å². The van der Waals surface area contributed by atoms with Crippen LogP contribution >= 0.6 is 0 Å². The lowest BCUT2D eigenvalue weighted by Gasteiger charge is -2.02. The first-order chi connectivity index (χ1) is 9.66. The van der Waals surface area contributed by atoms with Gasteiger partial charge < -0.3 is 14.8 Å². The molecule has 0 aliphatic carbocycles. The number of fused-ring (bicyclic) bond motifs is 1. The van der Waals surface area contributed by atoms with Gasteiger partial charge in [0.25, 0.3) is 5.56 Å². The molecule has 0 aliphatic heterocycles. The van der Waals surface area contributed by atoms with E-state index in [9.17, 15) is 19.2 Å². The number of aryl methyl sites for hydroxylation is 2. The third-order valence-electron chi connectivity index (χ3n) is 2.62. The lowest BCUT2D eigenvalue weighted by atomic mass is 10.5. The predicted molar refractivity (Wildman–Crippen MR) is 71.1 cm³/mol. The second kappa shape index (κ2) is 6.03. The molecule has 0 bridgehead atoms. The van der Waals surface area contributed by atoms with E-state index in [1.807, 2.05) is 0 Å². The average molecular weight is 298 g/mol. The Morgan fingerprint density at radius 2 is 1.62 bits per heavy atom. The fourth-order valence-electron chi connectivity index (χ4n) is 1.60. The Bertz CT molecular complexity index is 800. The van der Waals surface area contributed by atoms with E-state index in [1.54, 1.807) is 18.7 Å². The fourth-order valence-corrected chi connectivity index (χ4v) is 1.60. The molecule has 10 heteroatoms. The van der Waals surface area contributed by atoms with Crippen molar-refractivity contribution >= 4 is 23.1 Å². The first kappa shape index (κ1) is 16.1. The number of hydrogen-bond acceptors (Lipinski definition) is 5. The summed E-state index contributed by atoms with van der Waals surface area (Å²) in [5.41, 5.74) is 0.180. The van der Waals surface area contributed by atoms with Crippen LogP contribution in [-0.2, 0) is 30.7 Å². The monoisotopic (exact) mass is 298 g/mol. The van der Waals surface area contributed by atoms with E-state index in [2.05, 4.69) is 4.98 Å². The van der Waals surface area contributed by atoms with E-state index in [0.29, 0.717) is 11.2 Å². The summed E-state index contributed by atoms with van der Waals surface area (Å²) >= 11 is 0. The van der Waals surface area contributed by atoms with E-state index in [4.69, 9.17) is 10.2 Å². The molecule has 2 aromatic rings. The van der Waals surface area contributed by atoms with Crippen molar-refractivity contribution in [3.05, 3.63) is 27.2 Å². The molecular formula is C11H14N4O6. The van der Waals surface area contributed by atoms with Gasteiger partial charge in [0.05, 0.1) is 6.33 Å². The summed E-state index contributed by atoms with van der Waals surface area (Å²) in [6, 6.07) is 0. The van der Waals surface area contributed by atoms with Gasteiger partial charge in [-0.1, -0.05) is 0 Å². The molecule has 0 radical (unpaired) electrons. The van der Waals surface area contributed by atoms with Gasteiger partial charge in [0.2, 0.25) is 0 Å². The highest BCUT2D eigenvalue weighted by molar-refractivity contribution is 5.88. The average Bonchev–Trinajstić information content (AvgIpc) is 2.75.